The number of benzene rings is 1. The summed E-state index contributed by atoms with van der Waals surface area (Å²) in [5, 5.41) is 33.0. The maximum atomic E-state index is 14.2. The lowest BCUT2D eigenvalue weighted by Gasteiger charge is -2.61. The van der Waals surface area contributed by atoms with Crippen molar-refractivity contribution in [1.29, 1.82) is 0 Å². The minimum atomic E-state index is -0.455. The van der Waals surface area contributed by atoms with Crippen LogP contribution in [0.3, 0.4) is 0 Å². The second-order valence-electron chi connectivity index (χ2n) is 12.3. The summed E-state index contributed by atoms with van der Waals surface area (Å²) in [6.45, 7) is 1.87. The Hall–Kier alpha value is -3.47. The molecule has 0 radical (unpaired) electrons. The SMILES string of the molecule is Cc1ccc(C2=NN(C(=O)CC34C[C@H]5C[C@@H](C3)CC(n3cc(Br)c([N+](=O)[O-])n3)(C5)C4)[C@@H](c3ccccc3O)C2)o1. The molecular formula is C29H30BrN5O5. The molecule has 2 unspecified atom stereocenters. The van der Waals surface area contributed by atoms with E-state index in [2.05, 4.69) is 21.0 Å². The lowest BCUT2D eigenvalue weighted by Crippen LogP contribution is -2.57. The van der Waals surface area contributed by atoms with Gasteiger partial charge >= 0.3 is 5.82 Å². The molecule has 1 aliphatic heterocycles. The van der Waals surface area contributed by atoms with Crippen LogP contribution in [-0.4, -0.2) is 36.4 Å². The summed E-state index contributed by atoms with van der Waals surface area (Å²) in [6, 6.07) is 10.4. The molecule has 40 heavy (non-hydrogen) atoms. The second-order valence-corrected chi connectivity index (χ2v) is 13.2. The Morgan fingerprint density at radius 2 is 1.95 bits per heavy atom. The number of carbonyl (C=O) groups is 1. The summed E-state index contributed by atoms with van der Waals surface area (Å²) in [5.74, 6) is 2.20. The average molecular weight is 608 g/mol. The van der Waals surface area contributed by atoms with Gasteiger partial charge in [0.15, 0.2) is 0 Å². The van der Waals surface area contributed by atoms with Gasteiger partial charge in [0.25, 0.3) is 0 Å². The maximum absolute atomic E-state index is 14.2. The van der Waals surface area contributed by atoms with E-state index < -0.39 is 11.0 Å². The number of hydrogen-bond donors (Lipinski definition) is 1. The smallest absolute Gasteiger partial charge is 0.404 e. The molecule has 8 rings (SSSR count). The number of hydrazone groups is 1. The van der Waals surface area contributed by atoms with Crippen LogP contribution in [0.5, 0.6) is 5.75 Å². The van der Waals surface area contributed by atoms with Gasteiger partial charge in [0.1, 0.15) is 27.5 Å². The summed E-state index contributed by atoms with van der Waals surface area (Å²) in [5.41, 5.74) is 0.791. The number of aryl methyl sites for hydroxylation is 1. The van der Waals surface area contributed by atoms with Crippen molar-refractivity contribution in [2.75, 3.05) is 0 Å². The van der Waals surface area contributed by atoms with Crippen molar-refractivity contribution in [2.45, 2.75) is 69.9 Å². The van der Waals surface area contributed by atoms with Gasteiger partial charge in [-0.15, -0.1) is 0 Å². The van der Waals surface area contributed by atoms with E-state index in [0.717, 1.165) is 44.3 Å². The van der Waals surface area contributed by atoms with Crippen molar-refractivity contribution >= 4 is 33.4 Å². The van der Waals surface area contributed by atoms with Crippen LogP contribution in [0, 0.1) is 34.3 Å². The lowest BCUT2D eigenvalue weighted by molar-refractivity contribution is -0.390. The third-order valence-corrected chi connectivity index (χ3v) is 10.0. The zero-order valence-electron chi connectivity index (χ0n) is 22.1. The number of nitrogens with zero attached hydrogens (tertiary/aromatic N) is 5. The number of phenols is 1. The fraction of sp³-hybridized carbons (Fsp3) is 0.483. The Morgan fingerprint density at radius 1 is 1.20 bits per heavy atom. The Labute approximate surface area is 239 Å². The molecule has 3 heterocycles. The Balaban J connectivity index is 1.21. The first-order valence-electron chi connectivity index (χ1n) is 13.8. The van der Waals surface area contributed by atoms with E-state index in [1.807, 2.05) is 35.9 Å². The van der Waals surface area contributed by atoms with E-state index in [-0.39, 0.29) is 28.4 Å². The van der Waals surface area contributed by atoms with Crippen LogP contribution in [0.15, 0.2) is 56.6 Å². The molecule has 0 spiro atoms. The number of nitro groups is 1. The number of aromatic hydroxyl groups is 1. The topological polar surface area (TPSA) is 127 Å². The minimum Gasteiger partial charge on any atom is -0.508 e. The molecule has 1 amide bonds. The number of halogens is 1. The highest BCUT2D eigenvalue weighted by molar-refractivity contribution is 9.10. The Morgan fingerprint density at radius 3 is 2.60 bits per heavy atom. The largest absolute Gasteiger partial charge is 0.508 e. The Bertz CT molecular complexity index is 1550. The third-order valence-electron chi connectivity index (χ3n) is 9.47. The Kier molecular flexibility index (Phi) is 5.75. The number of amides is 1. The predicted octanol–water partition coefficient (Wildman–Crippen LogP) is 6.22. The minimum absolute atomic E-state index is 0.0729. The normalized spacial score (nSPS) is 30.6. The van der Waals surface area contributed by atoms with E-state index in [1.54, 1.807) is 23.3 Å². The van der Waals surface area contributed by atoms with Crippen molar-refractivity contribution in [2.24, 2.45) is 22.4 Å². The number of hydrogen-bond acceptors (Lipinski definition) is 7. The highest BCUT2D eigenvalue weighted by atomic mass is 79.9. The molecule has 4 bridgehead atoms. The highest BCUT2D eigenvalue weighted by Crippen LogP contribution is 2.65. The standard InChI is InChI=1S/C29H30BrN5O5/c1-17-6-7-25(40-17)22-9-23(20-4-2-3-5-24(20)36)34(31-22)26(37)14-28-10-18-8-19(11-28)13-29(12-18,16-28)33-15-21(30)27(32-33)35(38)39/h2-7,15,18-19,23,36H,8-14,16H2,1H3/t18-,19+,23-,28?,29?/m1/s1. The summed E-state index contributed by atoms with van der Waals surface area (Å²) < 4.78 is 8.05. The number of phenolic OH excluding ortho intramolecular Hbond substituents is 1. The van der Waals surface area contributed by atoms with E-state index in [9.17, 15) is 20.0 Å². The van der Waals surface area contributed by atoms with Crippen LogP contribution in [0.1, 0.15) is 74.5 Å². The fourth-order valence-corrected chi connectivity index (χ4v) is 8.90. The van der Waals surface area contributed by atoms with E-state index in [0.29, 0.717) is 46.2 Å². The van der Waals surface area contributed by atoms with Gasteiger partial charge in [0, 0.05) is 18.4 Å². The van der Waals surface area contributed by atoms with Crippen molar-refractivity contribution < 1.29 is 19.2 Å². The number of rotatable bonds is 6. The number of aromatic nitrogens is 2. The molecule has 0 saturated heterocycles. The van der Waals surface area contributed by atoms with E-state index in [1.165, 1.54) is 0 Å². The molecule has 2 aromatic heterocycles. The molecule has 5 atom stereocenters. The van der Waals surface area contributed by atoms with Crippen LogP contribution >= 0.6 is 15.9 Å². The maximum Gasteiger partial charge on any atom is 0.404 e. The molecule has 1 N–H and O–H groups in total. The summed E-state index contributed by atoms with van der Waals surface area (Å²) in [4.78, 5) is 25.3. The van der Waals surface area contributed by atoms with Crippen molar-refractivity contribution in [1.82, 2.24) is 14.8 Å². The van der Waals surface area contributed by atoms with Gasteiger partial charge in [-0.25, -0.2) is 5.01 Å². The molecule has 4 fully saturated rings. The van der Waals surface area contributed by atoms with Gasteiger partial charge in [0.05, 0.1) is 22.9 Å². The summed E-state index contributed by atoms with van der Waals surface area (Å²) in [6.07, 6.45) is 8.20. The van der Waals surface area contributed by atoms with Gasteiger partial charge < -0.3 is 19.6 Å². The second kappa shape index (κ2) is 9.02. The van der Waals surface area contributed by atoms with Crippen LogP contribution < -0.4 is 0 Å². The average Bonchev–Trinajstić information content (AvgIpc) is 3.61. The van der Waals surface area contributed by atoms with Crippen molar-refractivity contribution in [3.05, 3.63) is 74.3 Å². The third kappa shape index (κ3) is 4.08. The van der Waals surface area contributed by atoms with Gasteiger partial charge in [-0.3, -0.25) is 4.79 Å². The quantitative estimate of drug-likeness (QED) is 0.261. The predicted molar refractivity (Wildman–Crippen MR) is 149 cm³/mol. The molecular weight excluding hydrogens is 578 g/mol. The van der Waals surface area contributed by atoms with Crippen LogP contribution in [0.2, 0.25) is 0 Å². The van der Waals surface area contributed by atoms with Crippen LogP contribution in [-0.2, 0) is 10.3 Å². The van der Waals surface area contributed by atoms with E-state index in [4.69, 9.17) is 9.52 Å². The number of furan rings is 1. The molecule has 4 aliphatic carbocycles. The first-order chi connectivity index (χ1) is 19.1. The summed E-state index contributed by atoms with van der Waals surface area (Å²) >= 11 is 3.33. The zero-order chi connectivity index (χ0) is 27.8. The number of carbonyl (C=O) groups excluding carboxylic acids is 1. The van der Waals surface area contributed by atoms with Gasteiger partial charge in [-0.2, -0.15) is 9.78 Å². The fourth-order valence-electron chi connectivity index (χ4n) is 8.48. The van der Waals surface area contributed by atoms with Crippen LogP contribution in [0.25, 0.3) is 0 Å². The first kappa shape index (κ1) is 25.5. The summed E-state index contributed by atoms with van der Waals surface area (Å²) in [7, 11) is 0. The first-order valence-corrected chi connectivity index (χ1v) is 14.6. The zero-order valence-corrected chi connectivity index (χ0v) is 23.7. The monoisotopic (exact) mass is 607 g/mol. The van der Waals surface area contributed by atoms with E-state index >= 15 is 0 Å². The molecule has 3 aromatic rings. The molecule has 5 aliphatic rings. The highest BCUT2D eigenvalue weighted by Gasteiger charge is 2.61. The van der Waals surface area contributed by atoms with Crippen LogP contribution in [0.4, 0.5) is 5.82 Å². The van der Waals surface area contributed by atoms with Gasteiger partial charge in [0.2, 0.25) is 5.91 Å². The molecule has 208 valence electrons. The van der Waals surface area contributed by atoms with Gasteiger partial charge in [-0.05, 0) is 102 Å². The van der Waals surface area contributed by atoms with Crippen molar-refractivity contribution in [3.63, 3.8) is 0 Å². The lowest BCUT2D eigenvalue weighted by atomic mass is 9.46. The number of para-hydroxylation sites is 1. The van der Waals surface area contributed by atoms with Crippen molar-refractivity contribution in [3.8, 4) is 5.75 Å². The molecule has 10 nitrogen and oxygen atoms in total. The molecule has 1 aromatic carbocycles. The molecule has 11 heteroatoms. The van der Waals surface area contributed by atoms with Gasteiger partial charge in [-0.1, -0.05) is 18.2 Å². The molecule has 4 saturated carbocycles.